The quantitative estimate of drug-likeness (QED) is 0.736. The zero-order valence-corrected chi connectivity index (χ0v) is 15.6. The zero-order chi connectivity index (χ0) is 19.3. The van der Waals surface area contributed by atoms with Crippen molar-refractivity contribution in [1.29, 1.82) is 0 Å². The molecule has 4 rings (SSSR count). The summed E-state index contributed by atoms with van der Waals surface area (Å²) >= 11 is 0. The fraction of sp³-hybridized carbons (Fsp3) is 0.273. The monoisotopic (exact) mass is 377 g/mol. The number of pyridine rings is 1. The van der Waals surface area contributed by atoms with Gasteiger partial charge in [0.2, 0.25) is 0 Å². The van der Waals surface area contributed by atoms with Gasteiger partial charge in [0.05, 0.1) is 17.9 Å². The van der Waals surface area contributed by atoms with Crippen LogP contribution in [-0.2, 0) is 6.54 Å². The molecule has 3 heterocycles. The summed E-state index contributed by atoms with van der Waals surface area (Å²) in [6, 6.07) is 16.2. The van der Waals surface area contributed by atoms with Crippen molar-refractivity contribution < 1.29 is 9.21 Å². The standard InChI is InChI=1S/C22H23N3O3/c26-21-10-4-7-15-25(21)16-17-11-12-20(28-17)22(27)23-18-8-2-3-9-19(18)24-13-5-1-6-14-24/h2-4,7-12,15H,1,5-6,13-14,16H2,(H,23,27). The van der Waals surface area contributed by atoms with Gasteiger partial charge < -0.3 is 19.2 Å². The average Bonchev–Trinajstić information content (AvgIpc) is 3.20. The van der Waals surface area contributed by atoms with Crippen molar-refractivity contribution in [3.63, 3.8) is 0 Å². The maximum Gasteiger partial charge on any atom is 0.291 e. The Morgan fingerprint density at radius 1 is 0.964 bits per heavy atom. The van der Waals surface area contributed by atoms with Gasteiger partial charge in [-0.2, -0.15) is 0 Å². The molecule has 1 saturated heterocycles. The van der Waals surface area contributed by atoms with E-state index < -0.39 is 0 Å². The number of piperidine rings is 1. The molecule has 1 amide bonds. The highest BCUT2D eigenvalue weighted by Gasteiger charge is 2.17. The van der Waals surface area contributed by atoms with Crippen LogP contribution in [0.2, 0.25) is 0 Å². The molecule has 0 aliphatic carbocycles. The van der Waals surface area contributed by atoms with Crippen LogP contribution in [0.15, 0.2) is 70.0 Å². The number of nitrogens with one attached hydrogen (secondary N) is 1. The first-order chi connectivity index (χ1) is 13.7. The zero-order valence-electron chi connectivity index (χ0n) is 15.6. The first kappa shape index (κ1) is 18.1. The van der Waals surface area contributed by atoms with Crippen LogP contribution in [0, 0.1) is 0 Å². The second-order valence-corrected chi connectivity index (χ2v) is 6.95. The maximum atomic E-state index is 12.7. The first-order valence-corrected chi connectivity index (χ1v) is 9.60. The largest absolute Gasteiger partial charge is 0.454 e. The highest BCUT2D eigenvalue weighted by molar-refractivity contribution is 6.04. The Bertz CT molecular complexity index is 1020. The van der Waals surface area contributed by atoms with Crippen molar-refractivity contribution in [2.24, 2.45) is 0 Å². The Hall–Kier alpha value is -3.28. The summed E-state index contributed by atoms with van der Waals surface area (Å²) < 4.78 is 7.21. The van der Waals surface area contributed by atoms with Gasteiger partial charge in [-0.1, -0.05) is 18.2 Å². The third-order valence-corrected chi connectivity index (χ3v) is 4.96. The molecule has 0 unspecified atom stereocenters. The molecule has 1 fully saturated rings. The van der Waals surface area contributed by atoms with E-state index in [4.69, 9.17) is 4.42 Å². The van der Waals surface area contributed by atoms with Crippen LogP contribution in [0.5, 0.6) is 0 Å². The predicted octanol–water partition coefficient (Wildman–Crippen LogP) is 3.73. The smallest absolute Gasteiger partial charge is 0.291 e. The van der Waals surface area contributed by atoms with Crippen LogP contribution < -0.4 is 15.8 Å². The van der Waals surface area contributed by atoms with Crippen LogP contribution in [-0.4, -0.2) is 23.6 Å². The number of para-hydroxylation sites is 2. The van der Waals surface area contributed by atoms with E-state index in [1.54, 1.807) is 30.5 Å². The summed E-state index contributed by atoms with van der Waals surface area (Å²) in [5, 5.41) is 2.97. The molecule has 0 atom stereocenters. The van der Waals surface area contributed by atoms with E-state index in [1.165, 1.54) is 29.9 Å². The number of hydrogen-bond donors (Lipinski definition) is 1. The second kappa shape index (κ2) is 8.17. The third kappa shape index (κ3) is 4.01. The number of benzene rings is 1. The van der Waals surface area contributed by atoms with Gasteiger partial charge in [-0.05, 0) is 49.6 Å². The molecule has 1 N–H and O–H groups in total. The highest BCUT2D eigenvalue weighted by Crippen LogP contribution is 2.28. The summed E-state index contributed by atoms with van der Waals surface area (Å²) in [5.41, 5.74) is 1.71. The van der Waals surface area contributed by atoms with Gasteiger partial charge in [-0.15, -0.1) is 0 Å². The molecule has 0 bridgehead atoms. The summed E-state index contributed by atoms with van der Waals surface area (Å²) in [7, 11) is 0. The summed E-state index contributed by atoms with van der Waals surface area (Å²) in [5.74, 6) is 0.492. The average molecular weight is 377 g/mol. The van der Waals surface area contributed by atoms with Crippen molar-refractivity contribution >= 4 is 17.3 Å². The lowest BCUT2D eigenvalue weighted by Gasteiger charge is -2.30. The molecule has 0 radical (unpaired) electrons. The second-order valence-electron chi connectivity index (χ2n) is 6.95. The fourth-order valence-corrected chi connectivity index (χ4v) is 3.52. The molecule has 1 aliphatic rings. The number of rotatable bonds is 5. The molecule has 28 heavy (non-hydrogen) atoms. The lowest BCUT2D eigenvalue weighted by atomic mass is 10.1. The van der Waals surface area contributed by atoms with E-state index in [1.807, 2.05) is 24.3 Å². The number of anilines is 2. The van der Waals surface area contributed by atoms with E-state index in [0.29, 0.717) is 5.76 Å². The predicted molar refractivity (Wildman–Crippen MR) is 109 cm³/mol. The van der Waals surface area contributed by atoms with Gasteiger partial charge in [0.15, 0.2) is 5.76 Å². The Morgan fingerprint density at radius 2 is 1.75 bits per heavy atom. The Morgan fingerprint density at radius 3 is 2.57 bits per heavy atom. The van der Waals surface area contributed by atoms with Crippen molar-refractivity contribution in [3.8, 4) is 0 Å². The van der Waals surface area contributed by atoms with Gasteiger partial charge >= 0.3 is 0 Å². The SMILES string of the molecule is O=C(Nc1ccccc1N1CCCCC1)c1ccc(Cn2ccccc2=O)o1. The first-order valence-electron chi connectivity index (χ1n) is 9.60. The van der Waals surface area contributed by atoms with E-state index in [2.05, 4.69) is 10.2 Å². The maximum absolute atomic E-state index is 12.7. The van der Waals surface area contributed by atoms with Crippen LogP contribution in [0.1, 0.15) is 35.6 Å². The van der Waals surface area contributed by atoms with Gasteiger partial charge in [-0.3, -0.25) is 9.59 Å². The van der Waals surface area contributed by atoms with E-state index in [9.17, 15) is 9.59 Å². The Labute approximate surface area is 163 Å². The van der Waals surface area contributed by atoms with E-state index in [-0.39, 0.29) is 23.8 Å². The van der Waals surface area contributed by atoms with Crippen molar-refractivity contribution in [2.75, 3.05) is 23.3 Å². The molecule has 1 aromatic carbocycles. The summed E-state index contributed by atoms with van der Waals surface area (Å²) in [4.78, 5) is 26.8. The minimum Gasteiger partial charge on any atom is -0.454 e. The number of hydrogen-bond acceptors (Lipinski definition) is 4. The number of aromatic nitrogens is 1. The van der Waals surface area contributed by atoms with Crippen LogP contribution in [0.3, 0.4) is 0 Å². The van der Waals surface area contributed by atoms with Gasteiger partial charge in [0.1, 0.15) is 5.76 Å². The molecule has 2 aromatic heterocycles. The molecule has 3 aromatic rings. The van der Waals surface area contributed by atoms with Crippen molar-refractivity contribution in [3.05, 3.63) is 82.7 Å². The number of amides is 1. The highest BCUT2D eigenvalue weighted by atomic mass is 16.4. The van der Waals surface area contributed by atoms with Crippen molar-refractivity contribution in [2.45, 2.75) is 25.8 Å². The van der Waals surface area contributed by atoms with Gasteiger partial charge in [0, 0.05) is 25.4 Å². The normalized spacial score (nSPS) is 14.1. The number of furan rings is 1. The molecule has 6 heteroatoms. The van der Waals surface area contributed by atoms with Crippen LogP contribution in [0.25, 0.3) is 0 Å². The molecule has 0 spiro atoms. The Balaban J connectivity index is 1.48. The van der Waals surface area contributed by atoms with Crippen LogP contribution in [0.4, 0.5) is 11.4 Å². The number of carbonyl (C=O) groups excluding carboxylic acids is 1. The topological polar surface area (TPSA) is 67.5 Å². The van der Waals surface area contributed by atoms with Crippen LogP contribution >= 0.6 is 0 Å². The lowest BCUT2D eigenvalue weighted by Crippen LogP contribution is -2.30. The molecule has 144 valence electrons. The molecular weight excluding hydrogens is 354 g/mol. The minimum absolute atomic E-state index is 0.111. The lowest BCUT2D eigenvalue weighted by molar-refractivity contribution is 0.0995. The number of carbonyl (C=O) groups is 1. The molecule has 1 aliphatic heterocycles. The molecule has 0 saturated carbocycles. The minimum atomic E-state index is -0.295. The molecule has 6 nitrogen and oxygen atoms in total. The third-order valence-electron chi connectivity index (χ3n) is 4.96. The van der Waals surface area contributed by atoms with Gasteiger partial charge in [-0.25, -0.2) is 0 Å². The van der Waals surface area contributed by atoms with E-state index in [0.717, 1.165) is 24.5 Å². The summed E-state index contributed by atoms with van der Waals surface area (Å²) in [6.45, 7) is 2.30. The van der Waals surface area contributed by atoms with Crippen molar-refractivity contribution in [1.82, 2.24) is 4.57 Å². The van der Waals surface area contributed by atoms with Gasteiger partial charge in [0.25, 0.3) is 11.5 Å². The number of nitrogens with zero attached hydrogens (tertiary/aromatic N) is 2. The fourth-order valence-electron chi connectivity index (χ4n) is 3.52. The van der Waals surface area contributed by atoms with E-state index >= 15 is 0 Å². The Kier molecular flexibility index (Phi) is 5.28. The molecular formula is C22H23N3O3. The summed E-state index contributed by atoms with van der Waals surface area (Å²) in [6.07, 6.45) is 5.29.